The van der Waals surface area contributed by atoms with E-state index in [-0.39, 0.29) is 6.61 Å². The molecule has 0 bridgehead atoms. The fraction of sp³-hybridized carbons (Fsp3) is 0.154. The molecule has 0 unspecified atom stereocenters. The molecular weight excluding hydrogens is 290 g/mol. The van der Waals surface area contributed by atoms with Gasteiger partial charge in [-0.3, -0.25) is 5.43 Å². The number of aromatic nitrogens is 1. The van der Waals surface area contributed by atoms with Crippen LogP contribution in [-0.4, -0.2) is 24.9 Å². The lowest BCUT2D eigenvalue weighted by Crippen LogP contribution is -1.99. The van der Waals surface area contributed by atoms with Gasteiger partial charge >= 0.3 is 0 Å². The van der Waals surface area contributed by atoms with Crippen LogP contribution in [0.25, 0.3) is 0 Å². The maximum Gasteiger partial charge on any atom is 0.205 e. The largest absolute Gasteiger partial charge is 0.497 e. The number of rotatable bonds is 6. The number of nitrogens with zero attached hydrogens (tertiary/aromatic N) is 3. The van der Waals surface area contributed by atoms with Gasteiger partial charge in [-0.1, -0.05) is 0 Å². The Kier molecular flexibility index (Phi) is 4.95. The molecule has 0 amide bonds. The number of hydrogen-bond donors (Lipinski definition) is 2. The van der Waals surface area contributed by atoms with Crippen molar-refractivity contribution in [3.63, 3.8) is 0 Å². The molecule has 7 nitrogen and oxygen atoms in total. The summed E-state index contributed by atoms with van der Waals surface area (Å²) in [6.45, 7) is -0.0511. The molecule has 0 saturated carbocycles. The van der Waals surface area contributed by atoms with E-state index in [1.54, 1.807) is 36.9 Å². The lowest BCUT2D eigenvalue weighted by Gasteiger charge is -2.08. The van der Waals surface area contributed by atoms with E-state index in [4.69, 9.17) is 20.5 Å². The molecule has 1 heterocycles. The molecule has 21 heavy (non-hydrogen) atoms. The summed E-state index contributed by atoms with van der Waals surface area (Å²) in [5, 5.41) is 15.0. The first-order valence-electron chi connectivity index (χ1n) is 5.91. The minimum Gasteiger partial charge on any atom is -0.497 e. The maximum atomic E-state index is 8.60. The third-order valence-electron chi connectivity index (χ3n) is 2.40. The molecule has 2 aromatic rings. The predicted molar refractivity (Wildman–Crippen MR) is 81.8 cm³/mol. The number of thiazole rings is 1. The van der Waals surface area contributed by atoms with Crippen LogP contribution in [0.2, 0.25) is 0 Å². The van der Waals surface area contributed by atoms with Crippen LogP contribution in [0.15, 0.2) is 28.7 Å². The van der Waals surface area contributed by atoms with Gasteiger partial charge in [0, 0.05) is 17.0 Å². The van der Waals surface area contributed by atoms with E-state index in [0.717, 1.165) is 0 Å². The summed E-state index contributed by atoms with van der Waals surface area (Å²) in [5.41, 5.74) is 9.00. The standard InChI is InChI=1S/C13H13N5O2S/c1-19-10-3-2-9(11(6-10)20-5-4-14)7-16-18-13-17-12(15)8-21-13/h2-3,6-8H,5,15H2,1H3,(H,17,18). The van der Waals surface area contributed by atoms with Crippen LogP contribution >= 0.6 is 11.3 Å². The van der Waals surface area contributed by atoms with Crippen LogP contribution in [0.3, 0.4) is 0 Å². The van der Waals surface area contributed by atoms with Crippen LogP contribution in [0.4, 0.5) is 10.9 Å². The van der Waals surface area contributed by atoms with E-state index in [1.807, 2.05) is 6.07 Å². The highest BCUT2D eigenvalue weighted by Gasteiger charge is 2.04. The number of anilines is 2. The molecule has 0 radical (unpaired) electrons. The van der Waals surface area contributed by atoms with Crippen molar-refractivity contribution in [2.75, 3.05) is 24.9 Å². The van der Waals surface area contributed by atoms with Crippen molar-refractivity contribution in [3.05, 3.63) is 29.1 Å². The Labute approximate surface area is 125 Å². The smallest absolute Gasteiger partial charge is 0.205 e. The second-order valence-electron chi connectivity index (χ2n) is 3.80. The van der Waals surface area contributed by atoms with Gasteiger partial charge in [0.25, 0.3) is 0 Å². The van der Waals surface area contributed by atoms with Gasteiger partial charge in [0.05, 0.1) is 13.3 Å². The average molecular weight is 303 g/mol. The molecule has 0 saturated heterocycles. The van der Waals surface area contributed by atoms with Gasteiger partial charge in [-0.25, -0.2) is 4.98 Å². The van der Waals surface area contributed by atoms with E-state index < -0.39 is 0 Å². The minimum absolute atomic E-state index is 0.0511. The summed E-state index contributed by atoms with van der Waals surface area (Å²) in [7, 11) is 1.56. The van der Waals surface area contributed by atoms with E-state index >= 15 is 0 Å². The lowest BCUT2D eigenvalue weighted by molar-refractivity contribution is 0.361. The Morgan fingerprint density at radius 1 is 1.57 bits per heavy atom. The molecule has 8 heteroatoms. The van der Waals surface area contributed by atoms with Crippen molar-refractivity contribution >= 4 is 28.5 Å². The Morgan fingerprint density at radius 3 is 3.10 bits per heavy atom. The van der Waals surface area contributed by atoms with Gasteiger partial charge < -0.3 is 15.2 Å². The number of nitrogens with one attached hydrogen (secondary N) is 1. The van der Waals surface area contributed by atoms with E-state index in [9.17, 15) is 0 Å². The van der Waals surface area contributed by atoms with Gasteiger partial charge in [-0.05, 0) is 12.1 Å². The van der Waals surface area contributed by atoms with E-state index in [1.165, 1.54) is 11.3 Å². The van der Waals surface area contributed by atoms with Crippen molar-refractivity contribution in [3.8, 4) is 17.6 Å². The zero-order valence-electron chi connectivity index (χ0n) is 11.2. The highest BCUT2D eigenvalue weighted by Crippen LogP contribution is 2.24. The van der Waals surface area contributed by atoms with Crippen molar-refractivity contribution in [2.24, 2.45) is 5.10 Å². The third-order valence-corrected chi connectivity index (χ3v) is 3.16. The highest BCUT2D eigenvalue weighted by molar-refractivity contribution is 7.14. The SMILES string of the molecule is COc1ccc(C=NNc2nc(N)cs2)c(OCC#N)c1. The van der Waals surface area contributed by atoms with Gasteiger partial charge in [-0.2, -0.15) is 10.4 Å². The van der Waals surface area contributed by atoms with Gasteiger partial charge in [-0.15, -0.1) is 11.3 Å². The monoisotopic (exact) mass is 303 g/mol. The van der Waals surface area contributed by atoms with Crippen LogP contribution < -0.4 is 20.6 Å². The normalized spacial score (nSPS) is 10.3. The number of ether oxygens (including phenoxy) is 2. The zero-order valence-corrected chi connectivity index (χ0v) is 12.1. The van der Waals surface area contributed by atoms with E-state index in [0.29, 0.717) is 28.0 Å². The number of benzene rings is 1. The van der Waals surface area contributed by atoms with Gasteiger partial charge in [0.2, 0.25) is 5.13 Å². The molecule has 108 valence electrons. The Hall–Kier alpha value is -2.79. The topological polar surface area (TPSA) is 106 Å². The number of nitrogen functional groups attached to an aromatic ring is 1. The highest BCUT2D eigenvalue weighted by atomic mass is 32.1. The summed E-state index contributed by atoms with van der Waals surface area (Å²) in [5.74, 6) is 1.60. The van der Waals surface area contributed by atoms with Gasteiger partial charge in [0.1, 0.15) is 23.4 Å². The Morgan fingerprint density at radius 2 is 2.43 bits per heavy atom. The second kappa shape index (κ2) is 7.12. The van der Waals surface area contributed by atoms with Crippen LogP contribution in [0.1, 0.15) is 5.56 Å². The molecule has 0 fully saturated rings. The first-order chi connectivity index (χ1) is 10.2. The molecule has 0 aliphatic carbocycles. The maximum absolute atomic E-state index is 8.60. The zero-order chi connectivity index (χ0) is 15.1. The molecule has 0 atom stereocenters. The molecule has 2 rings (SSSR count). The first-order valence-corrected chi connectivity index (χ1v) is 6.78. The summed E-state index contributed by atoms with van der Waals surface area (Å²) in [4.78, 5) is 4.02. The quantitative estimate of drug-likeness (QED) is 0.625. The van der Waals surface area contributed by atoms with Crippen LogP contribution in [0.5, 0.6) is 11.5 Å². The van der Waals surface area contributed by atoms with Crippen molar-refractivity contribution in [1.29, 1.82) is 5.26 Å². The summed E-state index contributed by atoms with van der Waals surface area (Å²) in [6, 6.07) is 7.18. The third kappa shape index (κ3) is 4.09. The number of nitriles is 1. The number of hydrogen-bond acceptors (Lipinski definition) is 8. The molecule has 1 aromatic heterocycles. The number of hydrazone groups is 1. The molecule has 0 aliphatic heterocycles. The molecule has 3 N–H and O–H groups in total. The number of nitrogens with two attached hydrogens (primary N) is 1. The first kappa shape index (κ1) is 14.6. The van der Waals surface area contributed by atoms with Crippen molar-refractivity contribution in [2.45, 2.75) is 0 Å². The average Bonchev–Trinajstić information content (AvgIpc) is 2.91. The summed E-state index contributed by atoms with van der Waals surface area (Å²) < 4.78 is 10.5. The summed E-state index contributed by atoms with van der Waals surface area (Å²) in [6.07, 6.45) is 1.57. The van der Waals surface area contributed by atoms with Crippen molar-refractivity contribution < 1.29 is 9.47 Å². The molecular formula is C13H13N5O2S. The molecule has 0 aliphatic rings. The van der Waals surface area contributed by atoms with Crippen LogP contribution in [0, 0.1) is 11.3 Å². The fourth-order valence-electron chi connectivity index (χ4n) is 1.48. The molecule has 1 aromatic carbocycles. The van der Waals surface area contributed by atoms with Gasteiger partial charge in [0.15, 0.2) is 6.61 Å². The Balaban J connectivity index is 2.12. The van der Waals surface area contributed by atoms with Crippen LogP contribution in [-0.2, 0) is 0 Å². The number of methoxy groups -OCH3 is 1. The second-order valence-corrected chi connectivity index (χ2v) is 4.66. The lowest BCUT2D eigenvalue weighted by atomic mass is 10.2. The molecule has 0 spiro atoms. The van der Waals surface area contributed by atoms with E-state index in [2.05, 4.69) is 15.5 Å². The summed E-state index contributed by atoms with van der Waals surface area (Å²) >= 11 is 1.35. The predicted octanol–water partition coefficient (Wildman–Crippen LogP) is 2.08. The Bertz CT molecular complexity index is 677. The fourth-order valence-corrected chi connectivity index (χ4v) is 2.03. The van der Waals surface area contributed by atoms with Crippen molar-refractivity contribution in [1.82, 2.24) is 4.98 Å². The minimum atomic E-state index is -0.0511.